The lowest BCUT2D eigenvalue weighted by Crippen LogP contribution is -2.52. The molecule has 0 amide bonds. The van der Waals surface area contributed by atoms with E-state index < -0.39 is 14.9 Å². The number of Topliss-reactive ketones (excluding diaryl/α,β-unsaturated/α-hetero) is 1. The predicted molar refractivity (Wildman–Crippen MR) is 86.1 cm³/mol. The molecule has 0 unspecified atom stereocenters. The lowest BCUT2D eigenvalue weighted by molar-refractivity contribution is -0.384. The summed E-state index contributed by atoms with van der Waals surface area (Å²) >= 11 is 0. The Balaban J connectivity index is 2.00. The molecule has 1 saturated heterocycles. The van der Waals surface area contributed by atoms with Crippen molar-refractivity contribution in [2.75, 3.05) is 30.7 Å². The van der Waals surface area contributed by atoms with Gasteiger partial charge in [0.1, 0.15) is 5.69 Å². The zero-order valence-corrected chi connectivity index (χ0v) is 13.8. The molecule has 1 aromatic rings. The van der Waals surface area contributed by atoms with Gasteiger partial charge in [-0.15, -0.1) is 0 Å². The molecule has 126 valence electrons. The quantitative estimate of drug-likeness (QED) is 0.457. The van der Waals surface area contributed by atoms with E-state index in [0.717, 1.165) is 0 Å². The van der Waals surface area contributed by atoms with E-state index in [2.05, 4.69) is 5.32 Å². The third kappa shape index (κ3) is 3.85. The average molecular weight is 341 g/mol. The van der Waals surface area contributed by atoms with E-state index in [0.29, 0.717) is 25.3 Å². The Morgan fingerprint density at radius 3 is 2.61 bits per heavy atom. The number of sulfonamides is 1. The maximum Gasteiger partial charge on any atom is 0.293 e. The number of carbonyl (C=O) groups is 1. The molecule has 0 spiro atoms. The van der Waals surface area contributed by atoms with Gasteiger partial charge in [-0.2, -0.15) is 0 Å². The minimum Gasteiger partial charge on any atom is -0.379 e. The molecule has 9 heteroatoms. The summed E-state index contributed by atoms with van der Waals surface area (Å²) in [5.74, 6) is -0.0482. The lowest BCUT2D eigenvalue weighted by atomic mass is 10.0. The molecular formula is C14H19N3O5S. The minimum absolute atomic E-state index is 0.0745. The van der Waals surface area contributed by atoms with Crippen LogP contribution in [-0.2, 0) is 10.0 Å². The van der Waals surface area contributed by atoms with Crippen LogP contribution < -0.4 is 5.32 Å². The highest BCUT2D eigenvalue weighted by Gasteiger charge is 2.34. The van der Waals surface area contributed by atoms with Crippen molar-refractivity contribution < 1.29 is 18.1 Å². The molecule has 0 aliphatic carbocycles. The molecule has 0 bridgehead atoms. The molecule has 1 fully saturated rings. The van der Waals surface area contributed by atoms with Crippen LogP contribution in [0.15, 0.2) is 18.2 Å². The number of carbonyl (C=O) groups excluding carboxylic acids is 1. The normalized spacial score (nSPS) is 15.9. The fraction of sp³-hybridized carbons (Fsp3) is 0.500. The van der Waals surface area contributed by atoms with Gasteiger partial charge in [-0.1, -0.05) is 0 Å². The molecule has 8 nitrogen and oxygen atoms in total. The van der Waals surface area contributed by atoms with Gasteiger partial charge in [0.25, 0.3) is 5.69 Å². The van der Waals surface area contributed by atoms with Crippen LogP contribution in [0.1, 0.15) is 24.2 Å². The van der Waals surface area contributed by atoms with Crippen molar-refractivity contribution in [3.63, 3.8) is 0 Å². The van der Waals surface area contributed by atoms with Gasteiger partial charge in [0.15, 0.2) is 5.78 Å². The Labute approximate surface area is 134 Å². The first kappa shape index (κ1) is 17.4. The van der Waals surface area contributed by atoms with E-state index in [1.54, 1.807) is 6.92 Å². The largest absolute Gasteiger partial charge is 0.379 e. The highest BCUT2D eigenvalue weighted by atomic mass is 32.2. The third-order valence-corrected chi connectivity index (χ3v) is 5.68. The average Bonchev–Trinajstić information content (AvgIpc) is 2.45. The number of hydrogen-bond donors (Lipinski definition) is 1. The molecule has 0 radical (unpaired) electrons. The Morgan fingerprint density at radius 2 is 2.09 bits per heavy atom. The fourth-order valence-electron chi connectivity index (χ4n) is 2.37. The van der Waals surface area contributed by atoms with E-state index in [1.165, 1.54) is 29.4 Å². The summed E-state index contributed by atoms with van der Waals surface area (Å²) < 4.78 is 24.7. The molecular weight excluding hydrogens is 322 g/mol. The van der Waals surface area contributed by atoms with Crippen LogP contribution in [0.3, 0.4) is 0 Å². The summed E-state index contributed by atoms with van der Waals surface area (Å²) in [6.07, 6.45) is 0. The molecule has 1 aliphatic rings. The number of hydrogen-bond acceptors (Lipinski definition) is 6. The van der Waals surface area contributed by atoms with E-state index in [9.17, 15) is 23.3 Å². The van der Waals surface area contributed by atoms with Gasteiger partial charge in [-0.3, -0.25) is 14.9 Å². The molecule has 0 atom stereocenters. The molecule has 1 heterocycles. The standard InChI is InChI=1S/C14H19N3O5S/c1-3-23(21,22)16-8-11(9-16)7-15-13-5-4-12(10(2)18)6-14(13)17(19)20/h4-6,11,15H,3,7-9H2,1-2H3. The smallest absolute Gasteiger partial charge is 0.293 e. The summed E-state index contributed by atoms with van der Waals surface area (Å²) in [7, 11) is -3.15. The molecule has 0 aromatic heterocycles. The van der Waals surface area contributed by atoms with Crippen molar-refractivity contribution in [1.29, 1.82) is 0 Å². The number of nitrogens with one attached hydrogen (secondary N) is 1. The van der Waals surface area contributed by atoms with Crippen molar-refractivity contribution in [2.24, 2.45) is 5.92 Å². The van der Waals surface area contributed by atoms with Crippen molar-refractivity contribution >= 4 is 27.2 Å². The van der Waals surface area contributed by atoms with Crippen LogP contribution in [0.25, 0.3) is 0 Å². The van der Waals surface area contributed by atoms with Crippen LogP contribution >= 0.6 is 0 Å². The van der Waals surface area contributed by atoms with Crippen molar-refractivity contribution in [1.82, 2.24) is 4.31 Å². The van der Waals surface area contributed by atoms with Gasteiger partial charge in [0.2, 0.25) is 10.0 Å². The van der Waals surface area contributed by atoms with Gasteiger partial charge < -0.3 is 5.32 Å². The van der Waals surface area contributed by atoms with E-state index in [-0.39, 0.29) is 28.7 Å². The van der Waals surface area contributed by atoms with Gasteiger partial charge in [0, 0.05) is 37.2 Å². The van der Waals surface area contributed by atoms with Gasteiger partial charge in [0.05, 0.1) is 10.7 Å². The second kappa shape index (κ2) is 6.63. The summed E-state index contributed by atoms with van der Waals surface area (Å²) in [4.78, 5) is 21.9. The Hall–Kier alpha value is -2.00. The monoisotopic (exact) mass is 341 g/mol. The first-order valence-electron chi connectivity index (χ1n) is 7.25. The number of anilines is 1. The highest BCUT2D eigenvalue weighted by molar-refractivity contribution is 7.89. The molecule has 0 saturated carbocycles. The molecule has 23 heavy (non-hydrogen) atoms. The maximum absolute atomic E-state index is 11.6. The van der Waals surface area contributed by atoms with Gasteiger partial charge >= 0.3 is 0 Å². The van der Waals surface area contributed by atoms with E-state index >= 15 is 0 Å². The molecule has 1 aliphatic heterocycles. The number of rotatable bonds is 7. The SMILES string of the molecule is CCS(=O)(=O)N1CC(CNc2ccc(C(C)=O)cc2[N+](=O)[O-])C1. The van der Waals surface area contributed by atoms with E-state index in [1.807, 2.05) is 0 Å². The minimum atomic E-state index is -3.15. The summed E-state index contributed by atoms with van der Waals surface area (Å²) in [5.41, 5.74) is 0.456. The molecule has 1 aromatic carbocycles. The van der Waals surface area contributed by atoms with Gasteiger partial charge in [-0.05, 0) is 26.0 Å². The number of nitro groups is 1. The van der Waals surface area contributed by atoms with Crippen LogP contribution in [0.4, 0.5) is 11.4 Å². The highest BCUT2D eigenvalue weighted by Crippen LogP contribution is 2.27. The third-order valence-electron chi connectivity index (χ3n) is 3.86. The molecule has 2 rings (SSSR count). The van der Waals surface area contributed by atoms with Crippen LogP contribution in [0.5, 0.6) is 0 Å². The Bertz CT molecular complexity index is 726. The van der Waals surface area contributed by atoms with Crippen molar-refractivity contribution in [3.05, 3.63) is 33.9 Å². The maximum atomic E-state index is 11.6. The number of nitro benzene ring substituents is 1. The lowest BCUT2D eigenvalue weighted by Gasteiger charge is -2.38. The van der Waals surface area contributed by atoms with Gasteiger partial charge in [-0.25, -0.2) is 12.7 Å². The Morgan fingerprint density at radius 1 is 1.43 bits per heavy atom. The zero-order valence-electron chi connectivity index (χ0n) is 13.0. The first-order valence-corrected chi connectivity index (χ1v) is 8.86. The summed E-state index contributed by atoms with van der Waals surface area (Å²) in [6, 6.07) is 4.29. The zero-order chi connectivity index (χ0) is 17.2. The first-order chi connectivity index (χ1) is 10.7. The number of ketones is 1. The van der Waals surface area contributed by atoms with Crippen LogP contribution in [-0.4, -0.2) is 48.8 Å². The summed E-state index contributed by atoms with van der Waals surface area (Å²) in [6.45, 7) is 4.23. The number of benzene rings is 1. The van der Waals surface area contributed by atoms with Crippen LogP contribution in [0, 0.1) is 16.0 Å². The van der Waals surface area contributed by atoms with Crippen molar-refractivity contribution in [3.8, 4) is 0 Å². The summed E-state index contributed by atoms with van der Waals surface area (Å²) in [5, 5.41) is 14.1. The van der Waals surface area contributed by atoms with Crippen LogP contribution in [0.2, 0.25) is 0 Å². The second-order valence-electron chi connectivity index (χ2n) is 5.51. The van der Waals surface area contributed by atoms with Crippen molar-refractivity contribution in [2.45, 2.75) is 13.8 Å². The topological polar surface area (TPSA) is 110 Å². The van der Waals surface area contributed by atoms with E-state index in [4.69, 9.17) is 0 Å². The predicted octanol–water partition coefficient (Wildman–Crippen LogP) is 1.49. The second-order valence-corrected chi connectivity index (χ2v) is 7.77. The number of nitrogens with zero attached hydrogens (tertiary/aromatic N) is 2. The molecule has 1 N–H and O–H groups in total. The fourth-order valence-corrected chi connectivity index (χ4v) is 3.61. The Kier molecular flexibility index (Phi) is 5.00.